The minimum absolute atomic E-state index is 0.0469. The van der Waals surface area contributed by atoms with Crippen LogP contribution in [0.5, 0.6) is 0 Å². The van der Waals surface area contributed by atoms with Gasteiger partial charge in [-0.1, -0.05) is 11.6 Å². The molecule has 0 radical (unpaired) electrons. The van der Waals surface area contributed by atoms with Gasteiger partial charge in [-0.15, -0.1) is 0 Å². The third kappa shape index (κ3) is 3.43. The van der Waals surface area contributed by atoms with Gasteiger partial charge in [0.2, 0.25) is 0 Å². The van der Waals surface area contributed by atoms with Crippen molar-refractivity contribution in [3.63, 3.8) is 0 Å². The van der Waals surface area contributed by atoms with Crippen LogP contribution in [-0.4, -0.2) is 6.47 Å². The predicted molar refractivity (Wildman–Crippen MR) is 47.3 cm³/mol. The molecule has 0 bridgehead atoms. The number of halogens is 4. The highest BCUT2D eigenvalue weighted by molar-refractivity contribution is 6.30. The molecule has 0 aliphatic carbocycles. The lowest BCUT2D eigenvalue weighted by Gasteiger charge is -2.09. The second-order valence-electron chi connectivity index (χ2n) is 2.75. The van der Waals surface area contributed by atoms with Crippen molar-refractivity contribution in [2.45, 2.75) is 12.8 Å². The quantitative estimate of drug-likeness (QED) is 0.757. The zero-order valence-corrected chi connectivity index (χ0v) is 8.10. The van der Waals surface area contributed by atoms with Crippen LogP contribution in [0.1, 0.15) is 11.1 Å². The van der Waals surface area contributed by atoms with Crippen LogP contribution in [0.2, 0.25) is 5.02 Å². The van der Waals surface area contributed by atoms with Crippen molar-refractivity contribution in [3.05, 3.63) is 34.3 Å². The van der Waals surface area contributed by atoms with Crippen LogP contribution in [0, 0.1) is 0 Å². The molecule has 0 N–H and O–H groups in total. The van der Waals surface area contributed by atoms with Crippen LogP contribution in [0.3, 0.4) is 0 Å². The first-order chi connectivity index (χ1) is 6.93. The molecule has 0 aromatic heterocycles. The van der Waals surface area contributed by atoms with E-state index in [0.29, 0.717) is 0 Å². The lowest BCUT2D eigenvalue weighted by atomic mass is 10.1. The first-order valence-electron chi connectivity index (χ1n) is 3.85. The van der Waals surface area contributed by atoms with Crippen LogP contribution in [0.4, 0.5) is 13.2 Å². The van der Waals surface area contributed by atoms with Gasteiger partial charge in [-0.2, -0.15) is 13.2 Å². The van der Waals surface area contributed by atoms with Crippen LogP contribution in [0.25, 0.3) is 0 Å². The Morgan fingerprint density at radius 3 is 2.53 bits per heavy atom. The maximum Gasteiger partial charge on any atom is 0.416 e. The molecule has 0 fully saturated rings. The van der Waals surface area contributed by atoms with E-state index in [0.717, 1.165) is 12.1 Å². The van der Waals surface area contributed by atoms with Gasteiger partial charge in [0.05, 0.1) is 5.56 Å². The van der Waals surface area contributed by atoms with Gasteiger partial charge >= 0.3 is 6.18 Å². The third-order valence-electron chi connectivity index (χ3n) is 1.60. The lowest BCUT2D eigenvalue weighted by molar-refractivity contribution is -0.137. The summed E-state index contributed by atoms with van der Waals surface area (Å²) < 4.78 is 41.2. The molecule has 0 unspecified atom stereocenters. The number of rotatable bonds is 3. The van der Waals surface area contributed by atoms with E-state index in [-0.39, 0.29) is 23.7 Å². The van der Waals surface area contributed by atoms with E-state index < -0.39 is 11.7 Å². The van der Waals surface area contributed by atoms with E-state index in [2.05, 4.69) is 4.74 Å². The van der Waals surface area contributed by atoms with Crippen molar-refractivity contribution in [1.82, 2.24) is 0 Å². The molecule has 2 nitrogen and oxygen atoms in total. The average molecular weight is 239 g/mol. The summed E-state index contributed by atoms with van der Waals surface area (Å²) >= 11 is 5.49. The summed E-state index contributed by atoms with van der Waals surface area (Å²) in [6, 6.07) is 3.00. The number of benzene rings is 1. The standard InChI is InChI=1S/C9H6ClF3O2/c10-8-2-6(4-15-5-14)1-7(3-8)9(11,12)13/h1-3,5H,4H2. The molecule has 15 heavy (non-hydrogen) atoms. The normalized spacial score (nSPS) is 11.2. The zero-order valence-electron chi connectivity index (χ0n) is 7.34. The molecule has 0 aliphatic rings. The first kappa shape index (κ1) is 11.8. The van der Waals surface area contributed by atoms with Gasteiger partial charge in [0, 0.05) is 5.02 Å². The van der Waals surface area contributed by atoms with Crippen molar-refractivity contribution in [2.75, 3.05) is 0 Å². The van der Waals surface area contributed by atoms with Gasteiger partial charge in [0.15, 0.2) is 0 Å². The van der Waals surface area contributed by atoms with E-state index >= 15 is 0 Å². The number of carbonyl (C=O) groups excluding carboxylic acids is 1. The minimum atomic E-state index is -4.46. The molecule has 0 amide bonds. The maximum absolute atomic E-state index is 12.3. The smallest absolute Gasteiger partial charge is 0.416 e. The molecule has 82 valence electrons. The number of hydrogen-bond donors (Lipinski definition) is 0. The first-order valence-corrected chi connectivity index (χ1v) is 4.23. The highest BCUT2D eigenvalue weighted by Crippen LogP contribution is 2.31. The Bertz CT molecular complexity index is 363. The largest absolute Gasteiger partial charge is 0.463 e. The fourth-order valence-corrected chi connectivity index (χ4v) is 1.29. The molecular formula is C9H6ClF3O2. The molecule has 1 rings (SSSR count). The summed E-state index contributed by atoms with van der Waals surface area (Å²) in [6.45, 7) is -0.0681. The third-order valence-corrected chi connectivity index (χ3v) is 1.82. The fraction of sp³-hybridized carbons (Fsp3) is 0.222. The van der Waals surface area contributed by atoms with Crippen molar-refractivity contribution < 1.29 is 22.7 Å². The zero-order chi connectivity index (χ0) is 11.5. The van der Waals surface area contributed by atoms with Crippen molar-refractivity contribution in [1.29, 1.82) is 0 Å². The monoisotopic (exact) mass is 238 g/mol. The molecule has 0 aliphatic heterocycles. The van der Waals surface area contributed by atoms with Crippen molar-refractivity contribution in [2.24, 2.45) is 0 Å². The Kier molecular flexibility index (Phi) is 3.57. The molecular weight excluding hydrogens is 233 g/mol. The molecule has 0 heterocycles. The van der Waals surface area contributed by atoms with Crippen molar-refractivity contribution in [3.8, 4) is 0 Å². The van der Waals surface area contributed by atoms with Gasteiger partial charge in [-0.3, -0.25) is 4.79 Å². The number of hydrogen-bond acceptors (Lipinski definition) is 2. The molecule has 0 atom stereocenters. The molecule has 0 spiro atoms. The Morgan fingerprint density at radius 2 is 2.00 bits per heavy atom. The SMILES string of the molecule is O=COCc1cc(Cl)cc(C(F)(F)F)c1. The number of alkyl halides is 3. The lowest BCUT2D eigenvalue weighted by Crippen LogP contribution is -2.06. The summed E-state index contributed by atoms with van der Waals surface area (Å²) in [7, 11) is 0. The molecule has 0 saturated carbocycles. The predicted octanol–water partition coefficient (Wildman–Crippen LogP) is 3.03. The number of carbonyl (C=O) groups is 1. The van der Waals surface area contributed by atoms with Gasteiger partial charge in [0.1, 0.15) is 6.61 Å². The maximum atomic E-state index is 12.3. The molecule has 1 aromatic rings. The average Bonchev–Trinajstić information content (AvgIpc) is 2.12. The fourth-order valence-electron chi connectivity index (χ4n) is 1.03. The van der Waals surface area contributed by atoms with E-state index in [4.69, 9.17) is 11.6 Å². The highest BCUT2D eigenvalue weighted by atomic mass is 35.5. The van der Waals surface area contributed by atoms with E-state index in [1.54, 1.807) is 0 Å². The van der Waals surface area contributed by atoms with Crippen LogP contribution >= 0.6 is 11.6 Å². The molecule has 0 saturated heterocycles. The van der Waals surface area contributed by atoms with Gasteiger partial charge in [-0.25, -0.2) is 0 Å². The Balaban J connectivity index is 3.00. The Morgan fingerprint density at radius 1 is 1.33 bits per heavy atom. The van der Waals surface area contributed by atoms with E-state index in [9.17, 15) is 18.0 Å². The Labute approximate surface area is 88.6 Å². The van der Waals surface area contributed by atoms with Crippen LogP contribution in [0.15, 0.2) is 18.2 Å². The molecule has 1 aromatic carbocycles. The summed E-state index contributed by atoms with van der Waals surface area (Å²) in [5.74, 6) is 0. The second-order valence-corrected chi connectivity index (χ2v) is 3.19. The van der Waals surface area contributed by atoms with Gasteiger partial charge in [0.25, 0.3) is 6.47 Å². The summed E-state index contributed by atoms with van der Waals surface area (Å²) in [5.41, 5.74) is -0.665. The van der Waals surface area contributed by atoms with Crippen LogP contribution in [-0.2, 0) is 22.3 Å². The topological polar surface area (TPSA) is 26.3 Å². The summed E-state index contributed by atoms with van der Waals surface area (Å²) in [5, 5.41) is -0.0469. The van der Waals surface area contributed by atoms with Gasteiger partial charge < -0.3 is 4.74 Å². The minimum Gasteiger partial charge on any atom is -0.463 e. The molecule has 6 heteroatoms. The van der Waals surface area contributed by atoms with E-state index in [1.807, 2.05) is 0 Å². The highest BCUT2D eigenvalue weighted by Gasteiger charge is 2.31. The number of ether oxygens (including phenoxy) is 1. The Hall–Kier alpha value is -1.23. The van der Waals surface area contributed by atoms with E-state index in [1.165, 1.54) is 6.07 Å². The summed E-state index contributed by atoms with van der Waals surface area (Å²) in [4.78, 5) is 9.87. The summed E-state index contributed by atoms with van der Waals surface area (Å²) in [6.07, 6.45) is -4.46. The van der Waals surface area contributed by atoms with Crippen LogP contribution < -0.4 is 0 Å². The van der Waals surface area contributed by atoms with Crippen molar-refractivity contribution >= 4 is 18.1 Å². The van der Waals surface area contributed by atoms with Gasteiger partial charge in [-0.05, 0) is 23.8 Å². The second kappa shape index (κ2) is 4.53.